The molecule has 1 saturated carbocycles. The minimum atomic E-state index is -0.836. The highest BCUT2D eigenvalue weighted by Crippen LogP contribution is 2.41. The monoisotopic (exact) mass is 406 g/mol. The summed E-state index contributed by atoms with van der Waals surface area (Å²) < 4.78 is 15.0. The molecule has 1 aromatic rings. The Morgan fingerprint density at radius 1 is 1.00 bits per heavy atom. The summed E-state index contributed by atoms with van der Waals surface area (Å²) in [5, 5.41) is 4.87. The van der Waals surface area contributed by atoms with Crippen LogP contribution in [-0.4, -0.2) is 49.2 Å². The number of hydrogen-bond donors (Lipinski definition) is 2. The average Bonchev–Trinajstić information content (AvgIpc) is 3.37. The molecule has 29 heavy (non-hydrogen) atoms. The van der Waals surface area contributed by atoms with Crippen molar-refractivity contribution in [3.63, 3.8) is 0 Å². The maximum atomic E-state index is 12.4. The number of benzene rings is 1. The Hall–Kier alpha value is -3.10. The molecule has 0 spiro atoms. The molecule has 0 unspecified atom stereocenters. The van der Waals surface area contributed by atoms with Crippen molar-refractivity contribution < 1.29 is 33.4 Å². The predicted octanol–water partition coefficient (Wildman–Crippen LogP) is 1.16. The van der Waals surface area contributed by atoms with Gasteiger partial charge in [0.15, 0.2) is 0 Å². The quantitative estimate of drug-likeness (QED) is 0.515. The number of methoxy groups -OCH3 is 1. The Balaban J connectivity index is 1.87. The first-order valence-electron chi connectivity index (χ1n) is 9.17. The minimum Gasteiger partial charge on any atom is -0.469 e. The number of nitrogens with one attached hydrogen (secondary N) is 2. The maximum absolute atomic E-state index is 12.4. The molecule has 0 bridgehead atoms. The Morgan fingerprint density at radius 2 is 1.62 bits per heavy atom. The average molecular weight is 406 g/mol. The molecule has 1 aliphatic carbocycles. The van der Waals surface area contributed by atoms with Gasteiger partial charge in [0.25, 0.3) is 0 Å². The van der Waals surface area contributed by atoms with Gasteiger partial charge in [-0.1, -0.05) is 30.3 Å². The first-order chi connectivity index (χ1) is 13.6. The van der Waals surface area contributed by atoms with Crippen LogP contribution in [0.4, 0.5) is 4.79 Å². The van der Waals surface area contributed by atoms with E-state index in [4.69, 9.17) is 14.2 Å². The second kappa shape index (κ2) is 9.40. The summed E-state index contributed by atoms with van der Waals surface area (Å²) in [5.74, 6) is -3.44. The fourth-order valence-electron chi connectivity index (χ4n) is 2.74. The first kappa shape index (κ1) is 22.2. The Kier molecular flexibility index (Phi) is 7.19. The summed E-state index contributed by atoms with van der Waals surface area (Å²) in [5.41, 5.74) is 0.110. The summed E-state index contributed by atoms with van der Waals surface area (Å²) in [6.45, 7) is 4.80. The number of carbonyl (C=O) groups is 4. The molecule has 2 N–H and O–H groups in total. The molecule has 1 aromatic carbocycles. The zero-order valence-electron chi connectivity index (χ0n) is 16.9. The van der Waals surface area contributed by atoms with Gasteiger partial charge in [0, 0.05) is 0 Å². The summed E-state index contributed by atoms with van der Waals surface area (Å²) in [6.07, 6.45) is -0.744. The van der Waals surface area contributed by atoms with E-state index in [1.165, 1.54) is 7.11 Å². The van der Waals surface area contributed by atoms with Gasteiger partial charge >= 0.3 is 18.0 Å². The Labute approximate surface area is 169 Å². The van der Waals surface area contributed by atoms with Gasteiger partial charge in [0.05, 0.1) is 25.0 Å². The van der Waals surface area contributed by atoms with Gasteiger partial charge in [-0.25, -0.2) is 4.79 Å². The van der Waals surface area contributed by atoms with E-state index in [1.807, 2.05) is 18.2 Å². The van der Waals surface area contributed by atoms with Crippen molar-refractivity contribution in [1.29, 1.82) is 0 Å². The Bertz CT molecular complexity index is 758. The minimum absolute atomic E-state index is 0.0604. The molecule has 0 heterocycles. The van der Waals surface area contributed by atoms with E-state index in [1.54, 1.807) is 32.9 Å². The largest absolute Gasteiger partial charge is 0.469 e. The zero-order chi connectivity index (χ0) is 21.6. The van der Waals surface area contributed by atoms with E-state index in [9.17, 15) is 19.2 Å². The highest BCUT2D eigenvalue weighted by molar-refractivity contribution is 5.92. The molecule has 3 atom stereocenters. The summed E-state index contributed by atoms with van der Waals surface area (Å²) in [7, 11) is 1.20. The summed E-state index contributed by atoms with van der Waals surface area (Å²) in [6, 6.07) is 8.34. The highest BCUT2D eigenvalue weighted by atomic mass is 16.6. The van der Waals surface area contributed by atoms with Crippen LogP contribution in [0.3, 0.4) is 0 Å². The molecule has 9 heteroatoms. The van der Waals surface area contributed by atoms with Gasteiger partial charge in [-0.3, -0.25) is 14.4 Å². The van der Waals surface area contributed by atoms with Crippen LogP contribution in [-0.2, 0) is 35.2 Å². The molecule has 0 radical (unpaired) electrons. The molecule has 2 rings (SSSR count). The van der Waals surface area contributed by atoms with Crippen molar-refractivity contribution in [2.75, 3.05) is 13.7 Å². The topological polar surface area (TPSA) is 120 Å². The third kappa shape index (κ3) is 6.78. The fourth-order valence-corrected chi connectivity index (χ4v) is 2.74. The van der Waals surface area contributed by atoms with E-state index in [0.717, 1.165) is 5.56 Å². The Morgan fingerprint density at radius 3 is 2.21 bits per heavy atom. The van der Waals surface area contributed by atoms with Crippen molar-refractivity contribution >= 4 is 23.9 Å². The number of carbonyl (C=O) groups excluding carboxylic acids is 4. The molecule has 2 amide bonds. The van der Waals surface area contributed by atoms with Gasteiger partial charge in [-0.2, -0.15) is 0 Å². The number of amides is 2. The lowest BCUT2D eigenvalue weighted by Gasteiger charge is -2.19. The molecular formula is C20H26N2O7. The lowest BCUT2D eigenvalue weighted by molar-refractivity contribution is -0.150. The van der Waals surface area contributed by atoms with Crippen LogP contribution in [0.5, 0.6) is 0 Å². The van der Waals surface area contributed by atoms with Gasteiger partial charge in [-0.15, -0.1) is 0 Å². The van der Waals surface area contributed by atoms with Crippen molar-refractivity contribution in [2.45, 2.75) is 39.0 Å². The smallest absolute Gasteiger partial charge is 0.408 e. The van der Waals surface area contributed by atoms with Crippen molar-refractivity contribution in [2.24, 2.45) is 11.8 Å². The van der Waals surface area contributed by atoms with E-state index >= 15 is 0 Å². The predicted molar refractivity (Wildman–Crippen MR) is 101 cm³/mol. The summed E-state index contributed by atoms with van der Waals surface area (Å²) in [4.78, 5) is 48.0. The van der Waals surface area contributed by atoms with Crippen LogP contribution in [0.15, 0.2) is 30.3 Å². The zero-order valence-corrected chi connectivity index (χ0v) is 16.9. The van der Waals surface area contributed by atoms with Crippen LogP contribution in [0.1, 0.15) is 26.3 Å². The second-order valence-electron chi connectivity index (χ2n) is 7.62. The van der Waals surface area contributed by atoms with E-state index in [0.29, 0.717) is 0 Å². The number of rotatable bonds is 7. The molecular weight excluding hydrogens is 380 g/mol. The van der Waals surface area contributed by atoms with E-state index < -0.39 is 47.4 Å². The van der Waals surface area contributed by atoms with Crippen LogP contribution in [0.2, 0.25) is 0 Å². The third-order valence-corrected chi connectivity index (χ3v) is 4.11. The fraction of sp³-hybridized carbons (Fsp3) is 0.500. The van der Waals surface area contributed by atoms with Crippen molar-refractivity contribution in [3.05, 3.63) is 35.9 Å². The van der Waals surface area contributed by atoms with Crippen LogP contribution in [0.25, 0.3) is 0 Å². The number of hydrogen-bond acceptors (Lipinski definition) is 7. The van der Waals surface area contributed by atoms with Gasteiger partial charge in [0.2, 0.25) is 5.91 Å². The normalized spacial score (nSPS) is 20.2. The maximum Gasteiger partial charge on any atom is 0.408 e. The highest BCUT2D eigenvalue weighted by Gasteiger charge is 2.61. The molecule has 1 aliphatic rings. The molecule has 0 saturated heterocycles. The molecule has 9 nitrogen and oxygen atoms in total. The van der Waals surface area contributed by atoms with Crippen LogP contribution < -0.4 is 10.6 Å². The standard InChI is InChI=1S/C20H26N2O7/c1-20(2,3)29-19(26)21-10-13(23)22-16-14(17(24)27-4)15(16)18(25)28-11-12-8-6-5-7-9-12/h5-9,14-16H,10-11H2,1-4H3,(H,21,26)(H,22,23)/t14-,15-,16+/m1/s1. The van der Waals surface area contributed by atoms with Crippen LogP contribution >= 0.6 is 0 Å². The van der Waals surface area contributed by atoms with Crippen LogP contribution in [0, 0.1) is 11.8 Å². The summed E-state index contributed by atoms with van der Waals surface area (Å²) >= 11 is 0. The lowest BCUT2D eigenvalue weighted by Crippen LogP contribution is -2.41. The lowest BCUT2D eigenvalue weighted by atomic mass is 10.2. The molecule has 158 valence electrons. The number of alkyl carbamates (subject to hydrolysis) is 1. The van der Waals surface area contributed by atoms with Gasteiger partial charge in [-0.05, 0) is 26.3 Å². The second-order valence-corrected chi connectivity index (χ2v) is 7.62. The van der Waals surface area contributed by atoms with Crippen molar-refractivity contribution in [3.8, 4) is 0 Å². The molecule has 1 fully saturated rings. The molecule has 0 aromatic heterocycles. The van der Waals surface area contributed by atoms with Gasteiger partial charge < -0.3 is 24.8 Å². The molecule has 0 aliphatic heterocycles. The third-order valence-electron chi connectivity index (χ3n) is 4.11. The first-order valence-corrected chi connectivity index (χ1v) is 9.17. The van der Waals surface area contributed by atoms with E-state index in [-0.39, 0.29) is 13.2 Å². The van der Waals surface area contributed by atoms with E-state index in [2.05, 4.69) is 10.6 Å². The van der Waals surface area contributed by atoms with Crippen molar-refractivity contribution in [1.82, 2.24) is 10.6 Å². The number of ether oxygens (including phenoxy) is 3. The number of esters is 2. The van der Waals surface area contributed by atoms with Gasteiger partial charge in [0.1, 0.15) is 18.8 Å². The SMILES string of the molecule is COC(=O)[C@H]1[C@H](NC(=O)CNC(=O)OC(C)(C)C)[C@@H]1C(=O)OCc1ccccc1.